The van der Waals surface area contributed by atoms with Crippen LogP contribution < -0.4 is 4.90 Å². The largest absolute Gasteiger partial charge is 0.311 e. The van der Waals surface area contributed by atoms with Crippen LogP contribution in [0.1, 0.15) is 17.2 Å². The quantitative estimate of drug-likeness (QED) is 0.186. The molecule has 2 unspecified atom stereocenters. The molecule has 0 saturated carbocycles. The summed E-state index contributed by atoms with van der Waals surface area (Å²) in [6, 6.07) is 53.4. The monoisotopic (exact) mass is 604 g/mol. The highest BCUT2D eigenvalue weighted by atomic mass is 32.2. The predicted molar refractivity (Wildman–Crippen MR) is 196 cm³/mol. The van der Waals surface area contributed by atoms with E-state index in [4.69, 9.17) is 4.99 Å². The molecule has 46 heavy (non-hydrogen) atoms. The number of para-hydroxylation sites is 1. The summed E-state index contributed by atoms with van der Waals surface area (Å²) < 4.78 is 0. The first-order chi connectivity index (χ1) is 22.8. The van der Waals surface area contributed by atoms with Crippen LogP contribution >= 0.6 is 11.8 Å². The van der Waals surface area contributed by atoms with Crippen LogP contribution in [0.3, 0.4) is 0 Å². The SMILES string of the molecule is C1=Cc2ccccc2N2C1=NC1c3cc(-c4ccc5c(-c6ccccc6)c6ccccc6c(-c6ccccc6)c5c4)ccc3SC12. The number of benzene rings is 7. The van der Waals surface area contributed by atoms with Gasteiger partial charge in [0.15, 0.2) is 0 Å². The lowest BCUT2D eigenvalue weighted by Gasteiger charge is -2.29. The van der Waals surface area contributed by atoms with Gasteiger partial charge in [0.25, 0.3) is 0 Å². The van der Waals surface area contributed by atoms with E-state index in [1.807, 2.05) is 11.8 Å². The highest BCUT2D eigenvalue weighted by Gasteiger charge is 2.45. The molecule has 0 spiro atoms. The first kappa shape index (κ1) is 25.9. The van der Waals surface area contributed by atoms with E-state index in [1.54, 1.807) is 0 Å². The van der Waals surface area contributed by atoms with Crippen molar-refractivity contribution in [2.24, 2.45) is 4.99 Å². The number of aliphatic imine (C=N–C) groups is 1. The number of amidine groups is 1. The number of nitrogens with zero attached hydrogens (tertiary/aromatic N) is 2. The molecule has 216 valence electrons. The van der Waals surface area contributed by atoms with E-state index in [0.29, 0.717) is 0 Å². The number of hydrogen-bond donors (Lipinski definition) is 0. The molecule has 3 aliphatic heterocycles. The Balaban J connectivity index is 1.16. The summed E-state index contributed by atoms with van der Waals surface area (Å²) >= 11 is 1.94. The maximum absolute atomic E-state index is 5.27. The Labute approximate surface area is 272 Å². The Morgan fingerprint density at radius 2 is 1.11 bits per heavy atom. The molecule has 3 aliphatic rings. The molecule has 7 aromatic carbocycles. The number of thioether (sulfide) groups is 1. The zero-order valence-electron chi connectivity index (χ0n) is 25.0. The van der Waals surface area contributed by atoms with Crippen molar-refractivity contribution in [3.05, 3.63) is 163 Å². The van der Waals surface area contributed by atoms with Gasteiger partial charge in [-0.15, -0.1) is 0 Å². The average Bonchev–Trinajstić information content (AvgIpc) is 3.67. The zero-order chi connectivity index (χ0) is 30.2. The van der Waals surface area contributed by atoms with Gasteiger partial charge in [0, 0.05) is 4.90 Å². The van der Waals surface area contributed by atoms with Gasteiger partial charge in [0.1, 0.15) is 17.3 Å². The third kappa shape index (κ3) is 3.82. The maximum atomic E-state index is 5.27. The van der Waals surface area contributed by atoms with Crippen molar-refractivity contribution in [3.8, 4) is 33.4 Å². The molecule has 0 radical (unpaired) electrons. The molecule has 7 aromatic rings. The van der Waals surface area contributed by atoms with Gasteiger partial charge in [0.05, 0.1) is 5.69 Å². The molecular formula is C43H28N2S. The van der Waals surface area contributed by atoms with Gasteiger partial charge in [-0.2, -0.15) is 0 Å². The van der Waals surface area contributed by atoms with Crippen molar-refractivity contribution in [1.29, 1.82) is 0 Å². The highest BCUT2D eigenvalue weighted by Crippen LogP contribution is 2.54. The third-order valence-corrected chi connectivity index (χ3v) is 11.0. The third-order valence-electron chi connectivity index (χ3n) is 9.71. The van der Waals surface area contributed by atoms with E-state index >= 15 is 0 Å². The molecule has 2 atom stereocenters. The van der Waals surface area contributed by atoms with Crippen LogP contribution in [0.2, 0.25) is 0 Å². The molecule has 2 nitrogen and oxygen atoms in total. The van der Waals surface area contributed by atoms with Crippen LogP contribution in [0.4, 0.5) is 5.69 Å². The van der Waals surface area contributed by atoms with Gasteiger partial charge in [-0.25, -0.2) is 0 Å². The highest BCUT2D eigenvalue weighted by molar-refractivity contribution is 8.00. The van der Waals surface area contributed by atoms with E-state index < -0.39 is 0 Å². The Morgan fingerprint density at radius 1 is 0.500 bits per heavy atom. The van der Waals surface area contributed by atoms with Gasteiger partial charge >= 0.3 is 0 Å². The molecule has 0 aromatic heterocycles. The summed E-state index contributed by atoms with van der Waals surface area (Å²) in [7, 11) is 0. The summed E-state index contributed by atoms with van der Waals surface area (Å²) in [6.45, 7) is 0. The van der Waals surface area contributed by atoms with E-state index in [2.05, 4.69) is 163 Å². The molecule has 0 saturated heterocycles. The standard InChI is InChI=1S/C43H28N2S/c1-3-12-28(13-4-1)40-32-16-8-9-17-33(32)41(29-14-5-2-6-15-29)35-25-30(19-22-34(35)40)31-20-23-38-36(26-31)42-43(46-38)45-37-18-10-7-11-27(37)21-24-39(45)44-42/h1-26,42-43H. The first-order valence-corrected chi connectivity index (χ1v) is 16.7. The Morgan fingerprint density at radius 3 is 1.87 bits per heavy atom. The Hall–Kier alpha value is -5.38. The van der Waals surface area contributed by atoms with Crippen molar-refractivity contribution < 1.29 is 0 Å². The van der Waals surface area contributed by atoms with Crippen LogP contribution in [0.25, 0.3) is 61.0 Å². The fourth-order valence-corrected chi connectivity index (χ4v) is 9.05. The summed E-state index contributed by atoms with van der Waals surface area (Å²) in [5.74, 6) is 1.07. The van der Waals surface area contributed by atoms with Crippen molar-refractivity contribution in [1.82, 2.24) is 0 Å². The van der Waals surface area contributed by atoms with Gasteiger partial charge in [-0.1, -0.05) is 133 Å². The molecule has 3 heteroatoms. The number of anilines is 1. The van der Waals surface area contributed by atoms with Crippen molar-refractivity contribution in [3.63, 3.8) is 0 Å². The lowest BCUT2D eigenvalue weighted by atomic mass is 9.85. The Bertz CT molecular complexity index is 2410. The smallest absolute Gasteiger partial charge is 0.129 e. The average molecular weight is 605 g/mol. The molecule has 0 bridgehead atoms. The minimum Gasteiger partial charge on any atom is -0.311 e. The molecular weight excluding hydrogens is 577 g/mol. The fraction of sp³-hybridized carbons (Fsp3) is 0.0465. The minimum atomic E-state index is 0.111. The maximum Gasteiger partial charge on any atom is 0.129 e. The lowest BCUT2D eigenvalue weighted by molar-refractivity contribution is 0.747. The van der Waals surface area contributed by atoms with E-state index in [-0.39, 0.29) is 11.4 Å². The lowest BCUT2D eigenvalue weighted by Crippen LogP contribution is -2.34. The minimum absolute atomic E-state index is 0.111. The van der Waals surface area contributed by atoms with Crippen molar-refractivity contribution in [2.45, 2.75) is 16.3 Å². The Kier molecular flexibility index (Phi) is 5.67. The molecule has 0 amide bonds. The van der Waals surface area contributed by atoms with E-state index in [0.717, 1.165) is 5.84 Å². The number of hydrogen-bond acceptors (Lipinski definition) is 3. The van der Waals surface area contributed by atoms with Crippen LogP contribution in [-0.2, 0) is 0 Å². The van der Waals surface area contributed by atoms with Crippen molar-refractivity contribution >= 4 is 50.9 Å². The van der Waals surface area contributed by atoms with Gasteiger partial charge in [-0.3, -0.25) is 4.99 Å². The van der Waals surface area contributed by atoms with Gasteiger partial charge < -0.3 is 4.90 Å². The summed E-state index contributed by atoms with van der Waals surface area (Å²) in [4.78, 5) is 9.03. The normalized spacial score (nSPS) is 17.5. The molecule has 10 rings (SSSR count). The van der Waals surface area contributed by atoms with E-state index in [9.17, 15) is 0 Å². The molecule has 0 N–H and O–H groups in total. The second kappa shape index (κ2) is 10.1. The number of rotatable bonds is 3. The number of fused-ring (bicyclic) bond motifs is 9. The first-order valence-electron chi connectivity index (χ1n) is 15.9. The van der Waals surface area contributed by atoms with Crippen LogP contribution in [0, 0.1) is 0 Å². The van der Waals surface area contributed by atoms with Crippen LogP contribution in [-0.4, -0.2) is 11.2 Å². The summed E-state index contributed by atoms with van der Waals surface area (Å²) in [5.41, 5.74) is 11.3. The molecule has 0 aliphatic carbocycles. The van der Waals surface area contributed by atoms with E-state index in [1.165, 1.54) is 76.6 Å². The topological polar surface area (TPSA) is 15.6 Å². The second-order valence-electron chi connectivity index (χ2n) is 12.2. The second-order valence-corrected chi connectivity index (χ2v) is 13.4. The fourth-order valence-electron chi connectivity index (χ4n) is 7.66. The summed E-state index contributed by atoms with van der Waals surface area (Å²) in [5, 5.41) is 5.34. The van der Waals surface area contributed by atoms with Crippen molar-refractivity contribution in [2.75, 3.05) is 4.90 Å². The van der Waals surface area contributed by atoms with Crippen LogP contribution in [0.15, 0.2) is 162 Å². The van der Waals surface area contributed by atoms with Gasteiger partial charge in [0.2, 0.25) is 0 Å². The van der Waals surface area contributed by atoms with Gasteiger partial charge in [-0.05, 0) is 102 Å². The summed E-state index contributed by atoms with van der Waals surface area (Å²) in [6.07, 6.45) is 4.37. The molecule has 3 heterocycles. The predicted octanol–water partition coefficient (Wildman–Crippen LogP) is 11.4. The van der Waals surface area contributed by atoms with Crippen LogP contribution in [0.5, 0.6) is 0 Å². The molecule has 0 fully saturated rings. The zero-order valence-corrected chi connectivity index (χ0v) is 25.8.